The standard InChI is InChI=1S/C27H21N2S.C13H24O2.Ir/c1-27(2,3)14-17-9-11-21-19(13-17)10-12-22-23-20(15-28)16-29-24(26(23)30-25(21)22)18-7-5-4-6-8-18;1-5-10(6-2)12(14)9-13(15)11(7-3)8-4;/h4-7,9-13,16H,14H2,1-3H3;9-11,14H,5-8H2,1-4H3;/q-1;;/b;12-9-;. The predicted octanol–water partition coefficient (Wildman–Crippen LogP) is 11.4. The zero-order valence-corrected chi connectivity index (χ0v) is 31.2. The molecule has 0 aliphatic carbocycles. The molecule has 46 heavy (non-hydrogen) atoms. The van der Waals surface area contributed by atoms with Gasteiger partial charge >= 0.3 is 0 Å². The van der Waals surface area contributed by atoms with Crippen molar-refractivity contribution in [3.63, 3.8) is 0 Å². The number of hydrogen-bond acceptors (Lipinski definition) is 5. The molecule has 243 valence electrons. The van der Waals surface area contributed by atoms with Crippen molar-refractivity contribution in [3.8, 4) is 17.3 Å². The molecule has 2 heterocycles. The number of hydrogen-bond donors (Lipinski definition) is 1. The van der Waals surface area contributed by atoms with E-state index in [1.807, 2.05) is 52.0 Å². The Morgan fingerprint density at radius 1 is 0.978 bits per heavy atom. The molecule has 0 aliphatic heterocycles. The van der Waals surface area contributed by atoms with E-state index in [0.717, 1.165) is 58.8 Å². The first-order chi connectivity index (χ1) is 21.5. The second-order valence-electron chi connectivity index (χ2n) is 12.9. The number of nitriles is 1. The molecule has 6 heteroatoms. The normalized spacial score (nSPS) is 11.9. The minimum Gasteiger partial charge on any atom is -0.512 e. The first-order valence-electron chi connectivity index (χ1n) is 16.1. The van der Waals surface area contributed by atoms with Gasteiger partial charge in [-0.05, 0) is 53.9 Å². The average molecular weight is 810 g/mol. The molecule has 0 bridgehead atoms. The molecule has 1 radical (unpaired) electrons. The number of carbonyl (C=O) groups is 1. The summed E-state index contributed by atoms with van der Waals surface area (Å²) in [7, 11) is 0. The van der Waals surface area contributed by atoms with Crippen LogP contribution >= 0.6 is 11.3 Å². The third kappa shape index (κ3) is 8.51. The number of allylic oxidation sites excluding steroid dienone is 2. The Kier molecular flexibility index (Phi) is 13.3. The molecule has 0 aliphatic rings. The molecule has 1 N–H and O–H groups in total. The molecule has 0 unspecified atom stereocenters. The fourth-order valence-electron chi connectivity index (χ4n) is 5.94. The number of benzene rings is 3. The van der Waals surface area contributed by atoms with Crippen LogP contribution in [-0.4, -0.2) is 15.9 Å². The van der Waals surface area contributed by atoms with Crippen LogP contribution in [-0.2, 0) is 31.3 Å². The van der Waals surface area contributed by atoms with Gasteiger partial charge in [0, 0.05) is 70.1 Å². The predicted molar refractivity (Wildman–Crippen MR) is 191 cm³/mol. The second-order valence-corrected chi connectivity index (χ2v) is 14.0. The molecule has 0 fully saturated rings. The van der Waals surface area contributed by atoms with Gasteiger partial charge in [0.05, 0.1) is 11.3 Å². The molecule has 0 saturated heterocycles. The number of aliphatic hydroxyl groups excluding tert-OH is 1. The Hall–Kier alpha value is -3.36. The smallest absolute Gasteiger partial charge is 0.162 e. The van der Waals surface area contributed by atoms with E-state index in [4.69, 9.17) is 0 Å². The van der Waals surface area contributed by atoms with E-state index < -0.39 is 0 Å². The van der Waals surface area contributed by atoms with Crippen LogP contribution in [0.5, 0.6) is 0 Å². The Morgan fingerprint density at radius 3 is 2.24 bits per heavy atom. The number of rotatable bonds is 9. The van der Waals surface area contributed by atoms with Crippen LogP contribution in [0, 0.1) is 34.6 Å². The molecule has 3 aromatic carbocycles. The average Bonchev–Trinajstić information content (AvgIpc) is 3.42. The molecule has 5 rings (SSSR count). The maximum absolute atomic E-state index is 11.7. The fourth-order valence-corrected chi connectivity index (χ4v) is 7.30. The Morgan fingerprint density at radius 2 is 1.65 bits per heavy atom. The van der Waals surface area contributed by atoms with Gasteiger partial charge in [-0.1, -0.05) is 78.8 Å². The van der Waals surface area contributed by atoms with E-state index in [2.05, 4.69) is 68.2 Å². The number of thiophene rings is 1. The van der Waals surface area contributed by atoms with E-state index >= 15 is 0 Å². The van der Waals surface area contributed by atoms with Gasteiger partial charge in [0.25, 0.3) is 0 Å². The van der Waals surface area contributed by atoms with E-state index in [9.17, 15) is 15.2 Å². The monoisotopic (exact) mass is 810 g/mol. The van der Waals surface area contributed by atoms with Crippen LogP contribution in [0.4, 0.5) is 0 Å². The largest absolute Gasteiger partial charge is 0.512 e. The van der Waals surface area contributed by atoms with Crippen molar-refractivity contribution in [3.05, 3.63) is 89.8 Å². The number of pyridine rings is 1. The molecular formula is C40H45IrN2O2S-. The molecule has 0 amide bonds. The molecule has 2 aromatic heterocycles. The minimum absolute atomic E-state index is 0. The number of aromatic nitrogens is 1. The van der Waals surface area contributed by atoms with Gasteiger partial charge in [-0.25, -0.2) is 0 Å². The second kappa shape index (κ2) is 16.5. The van der Waals surface area contributed by atoms with Crippen LogP contribution in [0.2, 0.25) is 0 Å². The summed E-state index contributed by atoms with van der Waals surface area (Å²) in [6.07, 6.45) is 7.65. The summed E-state index contributed by atoms with van der Waals surface area (Å²) in [4.78, 5) is 16.3. The first kappa shape index (κ1) is 37.1. The van der Waals surface area contributed by atoms with Crippen LogP contribution in [0.25, 0.3) is 42.2 Å². The summed E-state index contributed by atoms with van der Waals surface area (Å²) in [5.74, 6) is 0.547. The van der Waals surface area contributed by atoms with Crippen molar-refractivity contribution >= 4 is 48.1 Å². The summed E-state index contributed by atoms with van der Waals surface area (Å²) >= 11 is 1.73. The van der Waals surface area contributed by atoms with Crippen molar-refractivity contribution in [1.29, 1.82) is 5.26 Å². The summed E-state index contributed by atoms with van der Waals surface area (Å²) in [6, 6.07) is 24.6. The third-order valence-electron chi connectivity index (χ3n) is 8.44. The zero-order chi connectivity index (χ0) is 32.7. The molecule has 0 atom stereocenters. The van der Waals surface area contributed by atoms with Gasteiger partial charge < -0.3 is 10.1 Å². The van der Waals surface area contributed by atoms with Gasteiger partial charge in [-0.15, -0.1) is 47.2 Å². The molecular weight excluding hydrogens is 765 g/mol. The maximum atomic E-state index is 11.7. The van der Waals surface area contributed by atoms with Crippen molar-refractivity contribution in [2.75, 3.05) is 0 Å². The van der Waals surface area contributed by atoms with Crippen LogP contribution in [0.1, 0.15) is 85.3 Å². The number of aliphatic hydroxyl groups is 1. The fraction of sp³-hybridized carbons (Fsp3) is 0.375. The van der Waals surface area contributed by atoms with Crippen LogP contribution in [0.15, 0.2) is 72.6 Å². The number of ketones is 1. The summed E-state index contributed by atoms with van der Waals surface area (Å²) in [5.41, 5.74) is 4.08. The van der Waals surface area contributed by atoms with Crippen molar-refractivity contribution in [1.82, 2.24) is 4.98 Å². The van der Waals surface area contributed by atoms with E-state index in [-0.39, 0.29) is 48.9 Å². The van der Waals surface area contributed by atoms with Crippen LogP contribution in [0.3, 0.4) is 0 Å². The van der Waals surface area contributed by atoms with Crippen molar-refractivity contribution in [2.24, 2.45) is 17.3 Å². The molecule has 0 saturated carbocycles. The SMILES string of the molecule is CC(C)(C)Cc1ccc2c(ccc3c2sc2c(-c4[c-]cccc4)ncc(C#N)c23)c1.CCC(CC)C(=O)/C=C(\O)C(CC)CC.[Ir]. The van der Waals surface area contributed by atoms with E-state index in [1.54, 1.807) is 17.5 Å². The van der Waals surface area contributed by atoms with Gasteiger partial charge in [0.2, 0.25) is 0 Å². The third-order valence-corrected chi connectivity index (χ3v) is 9.69. The summed E-state index contributed by atoms with van der Waals surface area (Å²) in [5, 5.41) is 24.1. The van der Waals surface area contributed by atoms with E-state index in [0.29, 0.717) is 5.56 Å². The molecule has 5 aromatic rings. The number of fused-ring (bicyclic) bond motifs is 5. The topological polar surface area (TPSA) is 74.0 Å². The molecule has 0 spiro atoms. The van der Waals surface area contributed by atoms with Gasteiger partial charge in [0.1, 0.15) is 6.07 Å². The van der Waals surface area contributed by atoms with Crippen molar-refractivity contribution < 1.29 is 30.0 Å². The quantitative estimate of drug-likeness (QED) is 0.0914. The van der Waals surface area contributed by atoms with Gasteiger partial charge in [0.15, 0.2) is 5.78 Å². The Labute approximate surface area is 291 Å². The Bertz CT molecular complexity index is 1850. The number of nitrogens with zero attached hydrogens (tertiary/aromatic N) is 2. The van der Waals surface area contributed by atoms with Crippen molar-refractivity contribution in [2.45, 2.75) is 80.6 Å². The minimum atomic E-state index is 0. The molecule has 4 nitrogen and oxygen atoms in total. The number of carbonyl (C=O) groups excluding carboxylic acids is 1. The van der Waals surface area contributed by atoms with E-state index in [1.165, 1.54) is 27.1 Å². The zero-order valence-electron chi connectivity index (χ0n) is 28.0. The Balaban J connectivity index is 0.000000309. The maximum Gasteiger partial charge on any atom is 0.162 e. The van der Waals surface area contributed by atoms with Gasteiger partial charge in [-0.3, -0.25) is 4.79 Å². The first-order valence-corrected chi connectivity index (χ1v) is 16.9. The summed E-state index contributed by atoms with van der Waals surface area (Å²) in [6.45, 7) is 14.9. The van der Waals surface area contributed by atoms with Gasteiger partial charge in [-0.2, -0.15) is 5.26 Å². The summed E-state index contributed by atoms with van der Waals surface area (Å²) < 4.78 is 2.27. The van der Waals surface area contributed by atoms with Crippen LogP contribution < -0.4 is 0 Å².